The molecule has 0 aliphatic heterocycles. The molecule has 2 aromatic rings. The molecule has 0 fully saturated rings. The first-order valence-corrected chi connectivity index (χ1v) is 7.48. The molecule has 4 heteroatoms. The third kappa shape index (κ3) is 3.87. The SMILES string of the molecule is C=Cc1ccc(C(C)(C)[B]C(C)c2c(F)cc(F)cc2F)cc1. The zero-order valence-corrected chi connectivity index (χ0v) is 13.5. The van der Waals surface area contributed by atoms with Gasteiger partial charge in [-0.3, -0.25) is 0 Å². The quantitative estimate of drug-likeness (QED) is 0.644. The molecule has 2 rings (SSSR count). The zero-order chi connectivity index (χ0) is 17.2. The molecular weight excluding hydrogens is 296 g/mol. The van der Waals surface area contributed by atoms with E-state index in [1.807, 2.05) is 45.4 Å². The lowest BCUT2D eigenvalue weighted by Crippen LogP contribution is -2.30. The highest BCUT2D eigenvalue weighted by Gasteiger charge is 2.28. The van der Waals surface area contributed by atoms with Crippen molar-refractivity contribution in [2.75, 3.05) is 0 Å². The van der Waals surface area contributed by atoms with Gasteiger partial charge in [-0.25, -0.2) is 13.2 Å². The van der Waals surface area contributed by atoms with E-state index >= 15 is 0 Å². The molecule has 0 aliphatic rings. The lowest BCUT2D eigenvalue weighted by molar-refractivity contribution is 0.522. The number of benzene rings is 2. The molecule has 23 heavy (non-hydrogen) atoms. The van der Waals surface area contributed by atoms with Crippen LogP contribution in [-0.2, 0) is 5.31 Å². The summed E-state index contributed by atoms with van der Waals surface area (Å²) < 4.78 is 40.9. The predicted octanol–water partition coefficient (Wildman–Crippen LogP) is 5.45. The minimum absolute atomic E-state index is 0.109. The molecule has 0 aliphatic carbocycles. The molecule has 0 nitrogen and oxygen atoms in total. The molecule has 0 N–H and O–H groups in total. The van der Waals surface area contributed by atoms with E-state index in [1.165, 1.54) is 0 Å². The van der Waals surface area contributed by atoms with E-state index in [4.69, 9.17) is 0 Å². The summed E-state index contributed by atoms with van der Waals surface area (Å²) in [5, 5.41) is -0.396. The van der Waals surface area contributed by atoms with Crippen LogP contribution >= 0.6 is 0 Å². The van der Waals surface area contributed by atoms with Gasteiger partial charge in [-0.15, -0.1) is 0 Å². The van der Waals surface area contributed by atoms with Gasteiger partial charge in [0.05, 0.1) is 0 Å². The Morgan fingerprint density at radius 3 is 2.04 bits per heavy atom. The van der Waals surface area contributed by atoms with Crippen molar-refractivity contribution in [1.29, 1.82) is 0 Å². The number of rotatable bonds is 5. The second-order valence-corrected chi connectivity index (χ2v) is 6.29. The Morgan fingerprint density at radius 1 is 1.04 bits per heavy atom. The maximum Gasteiger partial charge on any atom is 0.133 e. The van der Waals surface area contributed by atoms with Crippen molar-refractivity contribution < 1.29 is 13.2 Å². The van der Waals surface area contributed by atoms with Gasteiger partial charge >= 0.3 is 0 Å². The van der Waals surface area contributed by atoms with Crippen LogP contribution in [0.3, 0.4) is 0 Å². The van der Waals surface area contributed by atoms with E-state index in [0.29, 0.717) is 12.1 Å². The summed E-state index contributed by atoms with van der Waals surface area (Å²) in [6, 6.07) is 9.27. The van der Waals surface area contributed by atoms with Crippen LogP contribution in [0.2, 0.25) is 0 Å². The molecule has 119 valence electrons. The average Bonchev–Trinajstić information content (AvgIpc) is 2.45. The van der Waals surface area contributed by atoms with Gasteiger partial charge in [0.25, 0.3) is 0 Å². The van der Waals surface area contributed by atoms with Crippen molar-refractivity contribution in [1.82, 2.24) is 0 Å². The van der Waals surface area contributed by atoms with Crippen LogP contribution in [0.1, 0.15) is 43.3 Å². The molecule has 1 radical (unpaired) electrons. The Kier molecular flexibility index (Phi) is 5.03. The van der Waals surface area contributed by atoms with Gasteiger partial charge in [0.2, 0.25) is 0 Å². The third-order valence-corrected chi connectivity index (χ3v) is 4.06. The van der Waals surface area contributed by atoms with Gasteiger partial charge in [-0.2, -0.15) is 0 Å². The Morgan fingerprint density at radius 2 is 1.57 bits per heavy atom. The molecule has 0 saturated heterocycles. The van der Waals surface area contributed by atoms with Gasteiger partial charge in [0, 0.05) is 17.7 Å². The normalized spacial score (nSPS) is 12.8. The monoisotopic (exact) mass is 315 g/mol. The standard InChI is InChI=1S/C19H19BF3/c1-5-13-6-8-14(9-7-13)19(3,4)20-12(2)18-16(22)10-15(21)11-17(18)23/h5-12H,1H2,2-4H3. The Labute approximate surface area is 136 Å². The summed E-state index contributed by atoms with van der Waals surface area (Å²) in [6.07, 6.45) is 1.76. The molecule has 0 bridgehead atoms. The second kappa shape index (κ2) is 6.65. The number of hydrogen-bond acceptors (Lipinski definition) is 0. The van der Waals surface area contributed by atoms with E-state index in [9.17, 15) is 13.2 Å². The van der Waals surface area contributed by atoms with Crippen LogP contribution < -0.4 is 0 Å². The minimum Gasteiger partial charge on any atom is -0.207 e. The Hall–Kier alpha value is -1.97. The largest absolute Gasteiger partial charge is 0.207 e. The van der Waals surface area contributed by atoms with Crippen LogP contribution in [0.4, 0.5) is 13.2 Å². The van der Waals surface area contributed by atoms with Crippen molar-refractivity contribution in [3.8, 4) is 0 Å². The fourth-order valence-corrected chi connectivity index (χ4v) is 2.84. The van der Waals surface area contributed by atoms with Gasteiger partial charge in [0.15, 0.2) is 0 Å². The molecule has 1 atom stereocenters. The van der Waals surface area contributed by atoms with Gasteiger partial charge in [-0.05, 0) is 16.7 Å². The summed E-state index contributed by atoms with van der Waals surface area (Å²) in [6.45, 7) is 9.38. The van der Waals surface area contributed by atoms with Crippen molar-refractivity contribution in [3.05, 3.63) is 77.1 Å². The molecule has 0 heterocycles. The maximum atomic E-state index is 13.9. The minimum atomic E-state index is -0.907. The fourth-order valence-electron chi connectivity index (χ4n) is 2.84. The van der Waals surface area contributed by atoms with Crippen molar-refractivity contribution in [3.63, 3.8) is 0 Å². The third-order valence-electron chi connectivity index (χ3n) is 4.06. The van der Waals surface area contributed by atoms with E-state index in [1.54, 1.807) is 13.0 Å². The molecule has 1 unspecified atom stereocenters. The lowest BCUT2D eigenvalue weighted by atomic mass is 9.44. The Bertz CT molecular complexity index is 682. The van der Waals surface area contributed by atoms with Crippen molar-refractivity contribution in [2.45, 2.75) is 31.9 Å². The molecule has 0 aromatic heterocycles. The summed E-state index contributed by atoms with van der Waals surface area (Å²) in [7, 11) is 1.87. The van der Waals surface area contributed by atoms with Crippen LogP contribution in [0.5, 0.6) is 0 Å². The molecular formula is C19H19BF3. The molecule has 0 spiro atoms. The highest BCUT2D eigenvalue weighted by Crippen LogP contribution is 2.30. The van der Waals surface area contributed by atoms with Crippen LogP contribution in [0.25, 0.3) is 6.08 Å². The first-order valence-electron chi connectivity index (χ1n) is 7.48. The maximum absolute atomic E-state index is 13.9. The summed E-state index contributed by atoms with van der Waals surface area (Å²) >= 11 is 0. The lowest BCUT2D eigenvalue weighted by Gasteiger charge is -2.28. The summed E-state index contributed by atoms with van der Waals surface area (Å²) in [5.41, 5.74) is 1.92. The van der Waals surface area contributed by atoms with Crippen molar-refractivity contribution >= 4 is 13.4 Å². The van der Waals surface area contributed by atoms with Crippen molar-refractivity contribution in [2.24, 2.45) is 0 Å². The van der Waals surface area contributed by atoms with Gasteiger partial charge in [0.1, 0.15) is 24.7 Å². The van der Waals surface area contributed by atoms with Crippen LogP contribution in [0.15, 0.2) is 43.0 Å². The zero-order valence-electron chi connectivity index (χ0n) is 13.5. The highest BCUT2D eigenvalue weighted by atomic mass is 19.1. The summed E-state index contributed by atoms with van der Waals surface area (Å²) in [4.78, 5) is 0. The fraction of sp³-hybridized carbons (Fsp3) is 0.263. The Balaban J connectivity index is 2.27. The first kappa shape index (κ1) is 17.4. The van der Waals surface area contributed by atoms with E-state index in [2.05, 4.69) is 6.58 Å². The molecule has 2 aromatic carbocycles. The number of halogens is 3. The van der Waals surface area contributed by atoms with Gasteiger partial charge < -0.3 is 0 Å². The highest BCUT2D eigenvalue weighted by molar-refractivity contribution is 6.42. The smallest absolute Gasteiger partial charge is 0.133 e. The van der Waals surface area contributed by atoms with Crippen LogP contribution in [-0.4, -0.2) is 7.28 Å². The van der Waals surface area contributed by atoms with E-state index < -0.39 is 28.6 Å². The average molecular weight is 315 g/mol. The topological polar surface area (TPSA) is 0 Å². The first-order chi connectivity index (χ1) is 10.7. The molecule has 0 saturated carbocycles. The van der Waals surface area contributed by atoms with Crippen LogP contribution in [0, 0.1) is 17.5 Å². The predicted molar refractivity (Wildman–Crippen MR) is 90.0 cm³/mol. The van der Waals surface area contributed by atoms with E-state index in [-0.39, 0.29) is 5.56 Å². The van der Waals surface area contributed by atoms with E-state index in [0.717, 1.165) is 11.1 Å². The number of hydrogen-bond donors (Lipinski definition) is 0. The van der Waals surface area contributed by atoms with Gasteiger partial charge in [-0.1, -0.05) is 63.3 Å². The summed E-state index contributed by atoms with van der Waals surface area (Å²) in [5.74, 6) is -3.12. The molecule has 0 amide bonds. The second-order valence-electron chi connectivity index (χ2n) is 6.29.